The molecule has 4 amide bonds. The Morgan fingerprint density at radius 2 is 1.91 bits per heavy atom. The lowest BCUT2D eigenvalue weighted by Gasteiger charge is -2.27. The van der Waals surface area contributed by atoms with Crippen molar-refractivity contribution >= 4 is 47.1 Å². The van der Waals surface area contributed by atoms with Crippen LogP contribution in [0.5, 0.6) is 0 Å². The molecule has 8 nitrogen and oxygen atoms in total. The number of rotatable bonds is 5. The van der Waals surface area contributed by atoms with E-state index >= 15 is 0 Å². The standard InChI is InChI=1S/C23H24F3N5O3/c1-12-19(30-22(34)31-6-4-3-5-7-31)18(23(2,25)26)16(28-12)10-15-14-8-13(24)9-17(27-11-32)20(14)29-21(15)33/h8-11,28H,3-7H2,1-2H3,(H,27,32)(H,29,33)(H,30,34)/b15-10-. The highest BCUT2D eigenvalue weighted by molar-refractivity contribution is 6.36. The summed E-state index contributed by atoms with van der Waals surface area (Å²) in [6, 6.07) is 1.64. The fraction of sp³-hybridized carbons (Fsp3) is 0.348. The monoisotopic (exact) mass is 475 g/mol. The molecule has 1 saturated heterocycles. The number of alkyl halides is 2. The third-order valence-electron chi connectivity index (χ3n) is 5.91. The maximum atomic E-state index is 14.8. The highest BCUT2D eigenvalue weighted by Crippen LogP contribution is 2.43. The zero-order chi connectivity index (χ0) is 24.6. The molecule has 0 bridgehead atoms. The minimum atomic E-state index is -3.37. The SMILES string of the molecule is Cc1[nH]c(/C=C2\C(=O)Nc3c(NC=O)cc(F)cc32)c(C(C)(F)F)c1NC(=O)N1CCCCC1. The van der Waals surface area contributed by atoms with Gasteiger partial charge in [0.05, 0.1) is 33.9 Å². The molecule has 1 aromatic carbocycles. The summed E-state index contributed by atoms with van der Waals surface area (Å²) >= 11 is 0. The summed E-state index contributed by atoms with van der Waals surface area (Å²) in [5, 5.41) is 7.45. The number of benzene rings is 1. The number of nitrogens with zero attached hydrogens (tertiary/aromatic N) is 1. The lowest BCUT2D eigenvalue weighted by molar-refractivity contribution is -0.110. The van der Waals surface area contributed by atoms with Gasteiger partial charge in [0.25, 0.3) is 11.8 Å². The van der Waals surface area contributed by atoms with Crippen LogP contribution in [-0.4, -0.2) is 41.3 Å². The number of hydrogen-bond acceptors (Lipinski definition) is 3. The molecule has 3 heterocycles. The summed E-state index contributed by atoms with van der Waals surface area (Å²) in [7, 11) is 0. The van der Waals surface area contributed by atoms with E-state index in [1.54, 1.807) is 4.90 Å². The Morgan fingerprint density at radius 3 is 2.56 bits per heavy atom. The van der Waals surface area contributed by atoms with Gasteiger partial charge < -0.3 is 25.8 Å². The number of likely N-dealkylation sites (tertiary alicyclic amines) is 1. The lowest BCUT2D eigenvalue weighted by atomic mass is 10.0. The molecule has 11 heteroatoms. The molecule has 0 atom stereocenters. The first-order chi connectivity index (χ1) is 16.1. The first kappa shape index (κ1) is 23.4. The summed E-state index contributed by atoms with van der Waals surface area (Å²) in [6.45, 7) is 3.33. The molecule has 1 fully saturated rings. The van der Waals surface area contributed by atoms with Crippen molar-refractivity contribution in [2.75, 3.05) is 29.0 Å². The van der Waals surface area contributed by atoms with Crippen molar-refractivity contribution < 1.29 is 27.6 Å². The van der Waals surface area contributed by atoms with Crippen LogP contribution in [0, 0.1) is 12.7 Å². The van der Waals surface area contributed by atoms with Gasteiger partial charge in [-0.05, 0) is 44.4 Å². The minimum Gasteiger partial charge on any atom is -0.357 e. The zero-order valence-electron chi connectivity index (χ0n) is 18.7. The van der Waals surface area contributed by atoms with Crippen molar-refractivity contribution in [3.05, 3.63) is 40.5 Å². The second-order valence-corrected chi connectivity index (χ2v) is 8.43. The Kier molecular flexibility index (Phi) is 6.11. The predicted octanol–water partition coefficient (Wildman–Crippen LogP) is 4.65. The first-order valence-electron chi connectivity index (χ1n) is 10.8. The maximum absolute atomic E-state index is 14.8. The predicted molar refractivity (Wildman–Crippen MR) is 122 cm³/mol. The van der Waals surface area contributed by atoms with Crippen LogP contribution in [-0.2, 0) is 15.5 Å². The van der Waals surface area contributed by atoms with Crippen molar-refractivity contribution in [2.45, 2.75) is 39.0 Å². The number of aromatic amines is 1. The Bertz CT molecular complexity index is 1190. The topological polar surface area (TPSA) is 106 Å². The van der Waals surface area contributed by atoms with Gasteiger partial charge in [-0.25, -0.2) is 18.0 Å². The van der Waals surface area contributed by atoms with Crippen LogP contribution in [0.15, 0.2) is 12.1 Å². The molecule has 2 aliphatic rings. The number of urea groups is 1. The summed E-state index contributed by atoms with van der Waals surface area (Å²) in [4.78, 5) is 40.6. The van der Waals surface area contributed by atoms with E-state index in [2.05, 4.69) is 20.9 Å². The van der Waals surface area contributed by atoms with Gasteiger partial charge in [0.15, 0.2) is 0 Å². The molecule has 0 radical (unpaired) electrons. The molecule has 0 unspecified atom stereocenters. The average molecular weight is 475 g/mol. The first-order valence-corrected chi connectivity index (χ1v) is 10.8. The Labute approximate surface area is 193 Å². The molecule has 2 aromatic rings. The van der Waals surface area contributed by atoms with E-state index in [1.165, 1.54) is 13.0 Å². The summed E-state index contributed by atoms with van der Waals surface area (Å²) in [6.07, 6.45) is 4.24. The van der Waals surface area contributed by atoms with Crippen LogP contribution in [0.25, 0.3) is 11.6 Å². The molecule has 0 spiro atoms. The second-order valence-electron chi connectivity index (χ2n) is 8.43. The van der Waals surface area contributed by atoms with Crippen molar-refractivity contribution in [3.8, 4) is 0 Å². The smallest absolute Gasteiger partial charge is 0.321 e. The quantitative estimate of drug-likeness (QED) is 0.374. The van der Waals surface area contributed by atoms with Gasteiger partial charge in [0.1, 0.15) is 5.82 Å². The number of aryl methyl sites for hydroxylation is 1. The fourth-order valence-corrected chi connectivity index (χ4v) is 4.37. The number of nitrogens with one attached hydrogen (secondary N) is 4. The van der Waals surface area contributed by atoms with E-state index in [0.29, 0.717) is 26.4 Å². The van der Waals surface area contributed by atoms with Crippen molar-refractivity contribution in [2.24, 2.45) is 0 Å². The molecular formula is C23H24F3N5O3. The highest BCUT2D eigenvalue weighted by atomic mass is 19.3. The highest BCUT2D eigenvalue weighted by Gasteiger charge is 2.36. The van der Waals surface area contributed by atoms with E-state index in [1.807, 2.05) is 0 Å². The number of halogens is 3. The van der Waals surface area contributed by atoms with Crippen molar-refractivity contribution in [3.63, 3.8) is 0 Å². The van der Waals surface area contributed by atoms with Crippen LogP contribution in [0.4, 0.5) is 35.0 Å². The Hall–Kier alpha value is -3.76. The number of fused-ring (bicyclic) bond motifs is 1. The molecule has 1 aromatic heterocycles. The fourth-order valence-electron chi connectivity index (χ4n) is 4.37. The minimum absolute atomic E-state index is 0.0416. The number of carbonyl (C=O) groups is 3. The van der Waals surface area contributed by atoms with Gasteiger partial charge in [-0.3, -0.25) is 9.59 Å². The van der Waals surface area contributed by atoms with Gasteiger partial charge in [-0.15, -0.1) is 0 Å². The van der Waals surface area contributed by atoms with Crippen LogP contribution in [0.2, 0.25) is 0 Å². The Morgan fingerprint density at radius 1 is 1.21 bits per heavy atom. The molecule has 2 aliphatic heterocycles. The van der Waals surface area contributed by atoms with Crippen LogP contribution in [0.3, 0.4) is 0 Å². The van der Waals surface area contributed by atoms with Gasteiger partial charge >= 0.3 is 6.03 Å². The summed E-state index contributed by atoms with van der Waals surface area (Å²) in [5.41, 5.74) is -0.0877. The van der Waals surface area contributed by atoms with E-state index in [-0.39, 0.29) is 39.6 Å². The number of aromatic nitrogens is 1. The third kappa shape index (κ3) is 4.37. The molecule has 180 valence electrons. The van der Waals surface area contributed by atoms with E-state index in [0.717, 1.165) is 31.4 Å². The van der Waals surface area contributed by atoms with E-state index in [9.17, 15) is 27.6 Å². The van der Waals surface area contributed by atoms with Gasteiger partial charge in [-0.1, -0.05) is 0 Å². The van der Waals surface area contributed by atoms with Crippen LogP contribution < -0.4 is 16.0 Å². The Balaban J connectivity index is 1.78. The largest absolute Gasteiger partial charge is 0.357 e. The molecule has 0 aliphatic carbocycles. The molecule has 4 N–H and O–H groups in total. The number of anilines is 3. The van der Waals surface area contributed by atoms with Crippen molar-refractivity contribution in [1.82, 2.24) is 9.88 Å². The molecule has 4 rings (SSSR count). The summed E-state index contributed by atoms with van der Waals surface area (Å²) in [5.74, 6) is -4.74. The molecule has 34 heavy (non-hydrogen) atoms. The maximum Gasteiger partial charge on any atom is 0.321 e. The number of amides is 4. The van der Waals surface area contributed by atoms with E-state index < -0.39 is 29.2 Å². The second kappa shape index (κ2) is 8.88. The normalized spacial score (nSPS) is 16.9. The number of carbonyl (C=O) groups excluding carboxylic acids is 3. The zero-order valence-corrected chi connectivity index (χ0v) is 18.7. The van der Waals surface area contributed by atoms with E-state index in [4.69, 9.17) is 0 Å². The molecule has 0 saturated carbocycles. The van der Waals surface area contributed by atoms with Gasteiger partial charge in [0, 0.05) is 31.3 Å². The van der Waals surface area contributed by atoms with Crippen LogP contribution in [0.1, 0.15) is 48.7 Å². The molecular weight excluding hydrogens is 451 g/mol. The number of hydrogen-bond donors (Lipinski definition) is 4. The average Bonchev–Trinajstić information content (AvgIpc) is 3.25. The number of piperidine rings is 1. The van der Waals surface area contributed by atoms with Gasteiger partial charge in [-0.2, -0.15) is 0 Å². The summed E-state index contributed by atoms with van der Waals surface area (Å²) < 4.78 is 43.6. The number of H-pyrrole nitrogens is 1. The van der Waals surface area contributed by atoms with Crippen LogP contribution >= 0.6 is 0 Å². The lowest BCUT2D eigenvalue weighted by Crippen LogP contribution is -2.39. The third-order valence-corrected chi connectivity index (χ3v) is 5.91. The van der Waals surface area contributed by atoms with Crippen molar-refractivity contribution in [1.29, 1.82) is 0 Å². The van der Waals surface area contributed by atoms with Gasteiger partial charge in [0.2, 0.25) is 6.41 Å².